The zero-order valence-corrected chi connectivity index (χ0v) is 12.3. The summed E-state index contributed by atoms with van der Waals surface area (Å²) in [6.07, 6.45) is 2.64. The minimum atomic E-state index is -1.10. The van der Waals surface area contributed by atoms with Crippen molar-refractivity contribution in [3.8, 4) is 22.7 Å². The van der Waals surface area contributed by atoms with E-state index in [-0.39, 0.29) is 27.7 Å². The Balaban J connectivity index is 2.03. The molecule has 0 amide bonds. The van der Waals surface area contributed by atoms with E-state index in [1.807, 2.05) is 0 Å². The summed E-state index contributed by atoms with van der Waals surface area (Å²) in [5.74, 6) is -0.968. The Morgan fingerprint density at radius 2 is 2.04 bits per heavy atom. The quantitative estimate of drug-likeness (QED) is 0.682. The number of carboxylic acids is 1. The lowest BCUT2D eigenvalue weighted by atomic mass is 10.1. The minimum absolute atomic E-state index is 0.0243. The number of halogens is 1. The number of phenolic OH excluding ortho intramolecular Hbond substituents is 1. The number of rotatable bonds is 3. The van der Waals surface area contributed by atoms with Gasteiger partial charge in [0.15, 0.2) is 5.82 Å². The van der Waals surface area contributed by atoms with Gasteiger partial charge in [0, 0.05) is 12.4 Å². The van der Waals surface area contributed by atoms with Gasteiger partial charge in [-0.25, -0.2) is 14.5 Å². The third-order valence-electron chi connectivity index (χ3n) is 3.25. The lowest BCUT2D eigenvalue weighted by molar-refractivity contribution is 0.0696. The summed E-state index contributed by atoms with van der Waals surface area (Å²) >= 11 is 5.75. The first-order chi connectivity index (χ1) is 11.0. The molecule has 0 aliphatic carbocycles. The highest BCUT2D eigenvalue weighted by molar-refractivity contribution is 6.32. The molecule has 3 N–H and O–H groups in total. The van der Waals surface area contributed by atoms with Crippen LogP contribution in [0.15, 0.2) is 47.5 Å². The van der Waals surface area contributed by atoms with E-state index in [1.165, 1.54) is 41.3 Å². The van der Waals surface area contributed by atoms with E-state index < -0.39 is 5.97 Å². The highest BCUT2D eigenvalue weighted by Gasteiger charge is 2.13. The van der Waals surface area contributed by atoms with Crippen LogP contribution in [0.1, 0.15) is 10.4 Å². The molecule has 1 aromatic carbocycles. The Labute approximate surface area is 134 Å². The summed E-state index contributed by atoms with van der Waals surface area (Å²) in [4.78, 5) is 27.2. The maximum Gasteiger partial charge on any atom is 0.337 e. The average molecular weight is 332 g/mol. The molecule has 0 saturated heterocycles. The van der Waals surface area contributed by atoms with Gasteiger partial charge in [-0.15, -0.1) is 0 Å². The number of nitrogens with zero attached hydrogens (tertiary/aromatic N) is 2. The van der Waals surface area contributed by atoms with Gasteiger partial charge in [0.1, 0.15) is 5.75 Å². The molecule has 7 nitrogen and oxygen atoms in total. The van der Waals surface area contributed by atoms with Crippen LogP contribution >= 0.6 is 11.6 Å². The third-order valence-corrected chi connectivity index (χ3v) is 3.57. The molecule has 0 saturated carbocycles. The second-order valence-electron chi connectivity index (χ2n) is 4.70. The van der Waals surface area contributed by atoms with E-state index in [4.69, 9.17) is 16.7 Å². The normalized spacial score (nSPS) is 10.7. The summed E-state index contributed by atoms with van der Waals surface area (Å²) in [7, 11) is 0. The fourth-order valence-corrected chi connectivity index (χ4v) is 2.19. The second kappa shape index (κ2) is 5.62. The van der Waals surface area contributed by atoms with Gasteiger partial charge in [0.2, 0.25) is 0 Å². The number of aromatic hydroxyl groups is 1. The van der Waals surface area contributed by atoms with E-state index in [0.717, 1.165) is 0 Å². The zero-order chi connectivity index (χ0) is 16.6. The van der Waals surface area contributed by atoms with E-state index in [2.05, 4.69) is 10.1 Å². The first-order valence-electron chi connectivity index (χ1n) is 6.46. The number of aromatic amines is 1. The van der Waals surface area contributed by atoms with E-state index in [1.54, 1.807) is 6.07 Å². The zero-order valence-electron chi connectivity index (χ0n) is 11.5. The number of pyridine rings is 1. The molecule has 3 aromatic rings. The molecular formula is C15H10ClN3O4. The smallest absolute Gasteiger partial charge is 0.337 e. The molecule has 8 heteroatoms. The monoisotopic (exact) mass is 331 g/mol. The van der Waals surface area contributed by atoms with Crippen molar-refractivity contribution in [3.05, 3.63) is 63.7 Å². The summed E-state index contributed by atoms with van der Waals surface area (Å²) in [5.41, 5.74) is 0.452. The minimum Gasteiger partial charge on any atom is -0.506 e. The van der Waals surface area contributed by atoms with Crippen molar-refractivity contribution in [1.82, 2.24) is 14.8 Å². The summed E-state index contributed by atoms with van der Waals surface area (Å²) in [6.45, 7) is 0. The molecule has 0 unspecified atom stereocenters. The highest BCUT2D eigenvalue weighted by Crippen LogP contribution is 2.28. The van der Waals surface area contributed by atoms with Crippen molar-refractivity contribution in [2.75, 3.05) is 0 Å². The van der Waals surface area contributed by atoms with Crippen LogP contribution < -0.4 is 5.56 Å². The number of hydrogen-bond acceptors (Lipinski definition) is 4. The number of nitrogens with one attached hydrogen (secondary N) is 1. The number of H-pyrrole nitrogens is 1. The maximum atomic E-state index is 12.4. The Morgan fingerprint density at radius 3 is 2.65 bits per heavy atom. The lowest BCUT2D eigenvalue weighted by Crippen LogP contribution is -2.17. The van der Waals surface area contributed by atoms with Crippen LogP contribution in [0.2, 0.25) is 5.02 Å². The molecule has 0 atom stereocenters. The molecular weight excluding hydrogens is 322 g/mol. The predicted octanol–water partition coefficient (Wildman–Crippen LogP) is 2.28. The number of aromatic nitrogens is 3. The lowest BCUT2D eigenvalue weighted by Gasteiger charge is -2.01. The van der Waals surface area contributed by atoms with Gasteiger partial charge < -0.3 is 10.2 Å². The summed E-state index contributed by atoms with van der Waals surface area (Å²) in [5, 5.41) is 21.4. The summed E-state index contributed by atoms with van der Waals surface area (Å²) in [6, 6.07) is 7.26. The number of hydrogen-bond donors (Lipinski definition) is 3. The van der Waals surface area contributed by atoms with Crippen molar-refractivity contribution in [1.29, 1.82) is 0 Å². The number of phenols is 1. The van der Waals surface area contributed by atoms with Crippen molar-refractivity contribution >= 4 is 17.6 Å². The van der Waals surface area contributed by atoms with Crippen LogP contribution in [-0.4, -0.2) is 30.9 Å². The molecule has 116 valence electrons. The standard InChI is InChI=1S/C15H10ClN3O4/c16-11-3-1-8(5-12(11)20)10-7-18-19(14(10)21)13-4-2-9(6-17-13)15(22)23/h1-7,18,20H,(H,22,23). The molecule has 0 fully saturated rings. The van der Waals surface area contributed by atoms with Crippen LogP contribution in [0.4, 0.5) is 0 Å². The number of aromatic carboxylic acids is 1. The fourth-order valence-electron chi connectivity index (χ4n) is 2.07. The number of carboxylic acid groups (broad SMARTS) is 1. The fraction of sp³-hybridized carbons (Fsp3) is 0. The molecule has 23 heavy (non-hydrogen) atoms. The molecule has 3 rings (SSSR count). The van der Waals surface area contributed by atoms with Crippen LogP contribution in [0, 0.1) is 0 Å². The molecule has 0 spiro atoms. The first kappa shape index (κ1) is 14.9. The van der Waals surface area contributed by atoms with Gasteiger partial charge in [-0.3, -0.25) is 9.89 Å². The molecule has 2 heterocycles. The van der Waals surface area contributed by atoms with Crippen LogP contribution in [0.5, 0.6) is 5.75 Å². The highest BCUT2D eigenvalue weighted by atomic mass is 35.5. The van der Waals surface area contributed by atoms with Gasteiger partial charge in [-0.1, -0.05) is 17.7 Å². The van der Waals surface area contributed by atoms with Crippen molar-refractivity contribution in [2.24, 2.45) is 0 Å². The Bertz CT molecular complexity index is 944. The van der Waals surface area contributed by atoms with E-state index >= 15 is 0 Å². The molecule has 0 radical (unpaired) electrons. The van der Waals surface area contributed by atoms with E-state index in [9.17, 15) is 14.7 Å². The van der Waals surface area contributed by atoms with Crippen LogP contribution in [0.3, 0.4) is 0 Å². The average Bonchev–Trinajstić information content (AvgIpc) is 2.92. The third kappa shape index (κ3) is 2.69. The van der Waals surface area contributed by atoms with Crippen LogP contribution in [-0.2, 0) is 0 Å². The van der Waals surface area contributed by atoms with Gasteiger partial charge in [-0.05, 0) is 29.8 Å². The van der Waals surface area contributed by atoms with Gasteiger partial charge >= 0.3 is 5.97 Å². The summed E-state index contributed by atoms with van der Waals surface area (Å²) < 4.78 is 1.17. The molecule has 0 bridgehead atoms. The SMILES string of the molecule is O=C(O)c1ccc(-n2[nH]cc(-c3ccc(Cl)c(O)c3)c2=O)nc1. The van der Waals surface area contributed by atoms with Gasteiger partial charge in [0.05, 0.1) is 16.1 Å². The Kier molecular flexibility index (Phi) is 3.63. The molecule has 0 aliphatic rings. The van der Waals surface area contributed by atoms with E-state index in [0.29, 0.717) is 11.1 Å². The largest absolute Gasteiger partial charge is 0.506 e. The Morgan fingerprint density at radius 1 is 1.26 bits per heavy atom. The Hall–Kier alpha value is -3.06. The maximum absolute atomic E-state index is 12.4. The van der Waals surface area contributed by atoms with Crippen molar-refractivity contribution in [3.63, 3.8) is 0 Å². The van der Waals surface area contributed by atoms with Gasteiger partial charge in [-0.2, -0.15) is 0 Å². The molecule has 0 aliphatic heterocycles. The van der Waals surface area contributed by atoms with Crippen molar-refractivity contribution < 1.29 is 15.0 Å². The predicted molar refractivity (Wildman–Crippen MR) is 83.3 cm³/mol. The number of carbonyl (C=O) groups is 1. The van der Waals surface area contributed by atoms with Crippen LogP contribution in [0.25, 0.3) is 16.9 Å². The number of benzene rings is 1. The first-order valence-corrected chi connectivity index (χ1v) is 6.84. The molecule has 2 aromatic heterocycles. The van der Waals surface area contributed by atoms with Gasteiger partial charge in [0.25, 0.3) is 5.56 Å². The van der Waals surface area contributed by atoms with Crippen molar-refractivity contribution in [2.45, 2.75) is 0 Å². The topological polar surface area (TPSA) is 108 Å². The second-order valence-corrected chi connectivity index (χ2v) is 5.11.